The molecule has 0 atom stereocenters. The number of esters is 1. The van der Waals surface area contributed by atoms with Gasteiger partial charge in [0, 0.05) is 10.9 Å². The molecule has 0 aliphatic heterocycles. The number of thiazole rings is 1. The predicted molar refractivity (Wildman–Crippen MR) is 97.8 cm³/mol. The highest BCUT2D eigenvalue weighted by Gasteiger charge is 2.12. The summed E-state index contributed by atoms with van der Waals surface area (Å²) in [5, 5.41) is 16.6. The van der Waals surface area contributed by atoms with Crippen LogP contribution < -0.4 is 10.2 Å². The normalized spacial score (nSPS) is 10.9. The molecule has 2 aromatic rings. The molecular weight excluding hydrogens is 342 g/mol. The fourth-order valence-electron chi connectivity index (χ4n) is 2.20. The van der Waals surface area contributed by atoms with Crippen molar-refractivity contribution in [2.45, 2.75) is 27.2 Å². The number of nitrogens with zero attached hydrogens (tertiary/aromatic N) is 2. The van der Waals surface area contributed by atoms with Crippen molar-refractivity contribution in [1.29, 1.82) is 0 Å². The number of hydrogen-bond acceptors (Lipinski definition) is 8. The second-order valence-corrected chi connectivity index (χ2v) is 6.14. The largest absolute Gasteiger partial charge is 0.504 e. The lowest BCUT2D eigenvalue weighted by atomic mass is 10.0. The molecule has 0 aliphatic carbocycles. The minimum Gasteiger partial charge on any atom is -0.504 e. The van der Waals surface area contributed by atoms with Gasteiger partial charge in [-0.1, -0.05) is 0 Å². The third-order valence-corrected chi connectivity index (χ3v) is 4.34. The van der Waals surface area contributed by atoms with Crippen LogP contribution >= 0.6 is 11.3 Å². The Hall–Kier alpha value is -2.61. The van der Waals surface area contributed by atoms with Gasteiger partial charge >= 0.3 is 5.97 Å². The van der Waals surface area contributed by atoms with Crippen molar-refractivity contribution in [2.24, 2.45) is 5.10 Å². The molecule has 0 saturated heterocycles. The maximum absolute atomic E-state index is 11.4. The van der Waals surface area contributed by atoms with E-state index in [9.17, 15) is 9.90 Å². The smallest absolute Gasteiger partial charge is 0.311 e. The van der Waals surface area contributed by atoms with Gasteiger partial charge in [0.1, 0.15) is 0 Å². The van der Waals surface area contributed by atoms with Crippen LogP contribution in [-0.4, -0.2) is 36.0 Å². The Morgan fingerprint density at radius 1 is 1.48 bits per heavy atom. The molecule has 0 saturated carbocycles. The number of aromatic hydroxyl groups is 1. The van der Waals surface area contributed by atoms with E-state index in [1.165, 1.54) is 24.7 Å². The average molecular weight is 363 g/mol. The molecule has 0 fully saturated rings. The molecule has 1 aromatic heterocycles. The molecule has 134 valence electrons. The number of anilines is 1. The zero-order valence-electron chi connectivity index (χ0n) is 14.6. The molecule has 0 spiro atoms. The van der Waals surface area contributed by atoms with Gasteiger partial charge in [0.25, 0.3) is 0 Å². The standard InChI is InChI=1S/C17H21N3O4S/c1-5-24-14(21)7-13-9-25-17(19-13)20-18-8-12-6-10(2)11(3)16(23-4)15(12)22/h6,8-9,22H,5,7H2,1-4H3,(H,19,20). The molecule has 0 radical (unpaired) electrons. The number of aryl methyl sites for hydroxylation is 1. The molecule has 1 aromatic carbocycles. The van der Waals surface area contributed by atoms with Gasteiger partial charge < -0.3 is 14.6 Å². The first-order valence-electron chi connectivity index (χ1n) is 7.72. The van der Waals surface area contributed by atoms with E-state index >= 15 is 0 Å². The van der Waals surface area contributed by atoms with E-state index in [0.29, 0.717) is 28.7 Å². The maximum atomic E-state index is 11.4. The molecular formula is C17H21N3O4S. The minimum atomic E-state index is -0.310. The van der Waals surface area contributed by atoms with Crippen LogP contribution in [0.3, 0.4) is 0 Å². The second-order valence-electron chi connectivity index (χ2n) is 5.29. The highest BCUT2D eigenvalue weighted by Crippen LogP contribution is 2.34. The summed E-state index contributed by atoms with van der Waals surface area (Å²) in [5.74, 6) is 0.167. The molecule has 25 heavy (non-hydrogen) atoms. The second kappa shape index (κ2) is 8.48. The number of phenolic OH excluding ortho intramolecular Hbond substituents is 1. The number of rotatable bonds is 7. The van der Waals surface area contributed by atoms with Crippen LogP contribution in [-0.2, 0) is 16.0 Å². The third-order valence-electron chi connectivity index (χ3n) is 3.54. The van der Waals surface area contributed by atoms with Crippen LogP contribution in [0.25, 0.3) is 0 Å². The number of hydrogen-bond donors (Lipinski definition) is 2. The lowest BCUT2D eigenvalue weighted by Gasteiger charge is -2.11. The number of methoxy groups -OCH3 is 1. The predicted octanol–water partition coefficient (Wildman–Crippen LogP) is 3.03. The Bertz CT molecular complexity index is 786. The lowest BCUT2D eigenvalue weighted by Crippen LogP contribution is -2.07. The summed E-state index contributed by atoms with van der Waals surface area (Å²) >= 11 is 1.33. The number of carbonyl (C=O) groups excluding carboxylic acids is 1. The number of aromatic nitrogens is 1. The van der Waals surface area contributed by atoms with Crippen LogP contribution in [0.15, 0.2) is 16.5 Å². The summed E-state index contributed by atoms with van der Waals surface area (Å²) in [6, 6.07) is 1.83. The molecule has 0 amide bonds. The Morgan fingerprint density at radius 3 is 2.92 bits per heavy atom. The van der Waals surface area contributed by atoms with Crippen molar-refractivity contribution in [3.05, 3.63) is 33.8 Å². The van der Waals surface area contributed by atoms with E-state index in [1.54, 1.807) is 12.3 Å². The lowest BCUT2D eigenvalue weighted by molar-refractivity contribution is -0.142. The molecule has 1 heterocycles. The summed E-state index contributed by atoms with van der Waals surface area (Å²) < 4.78 is 10.1. The Morgan fingerprint density at radius 2 is 2.24 bits per heavy atom. The van der Waals surface area contributed by atoms with Crippen LogP contribution in [0.4, 0.5) is 5.13 Å². The van der Waals surface area contributed by atoms with E-state index in [4.69, 9.17) is 9.47 Å². The van der Waals surface area contributed by atoms with Crippen LogP contribution in [0.5, 0.6) is 11.5 Å². The highest BCUT2D eigenvalue weighted by atomic mass is 32.1. The van der Waals surface area contributed by atoms with Gasteiger partial charge in [-0.3, -0.25) is 10.2 Å². The maximum Gasteiger partial charge on any atom is 0.311 e. The SMILES string of the molecule is CCOC(=O)Cc1csc(NN=Cc2cc(C)c(C)c(OC)c2O)n1. The van der Waals surface area contributed by atoms with E-state index in [1.807, 2.05) is 19.9 Å². The van der Waals surface area contributed by atoms with E-state index in [0.717, 1.165) is 11.1 Å². The quantitative estimate of drug-likeness (QED) is 0.446. The van der Waals surface area contributed by atoms with Gasteiger partial charge in [0.05, 0.1) is 32.0 Å². The molecule has 2 N–H and O–H groups in total. The molecule has 0 bridgehead atoms. The summed E-state index contributed by atoms with van der Waals surface area (Å²) in [6.45, 7) is 5.93. The van der Waals surface area contributed by atoms with Crippen molar-refractivity contribution in [3.8, 4) is 11.5 Å². The Kier molecular flexibility index (Phi) is 6.35. The van der Waals surface area contributed by atoms with Crippen molar-refractivity contribution in [2.75, 3.05) is 19.1 Å². The third kappa shape index (κ3) is 4.69. The summed E-state index contributed by atoms with van der Waals surface area (Å²) in [7, 11) is 1.52. The Labute approximate surface area is 150 Å². The zero-order chi connectivity index (χ0) is 18.4. The fraction of sp³-hybridized carbons (Fsp3) is 0.353. The summed E-state index contributed by atoms with van der Waals surface area (Å²) in [4.78, 5) is 15.7. The van der Waals surface area contributed by atoms with Crippen molar-refractivity contribution < 1.29 is 19.4 Å². The topological polar surface area (TPSA) is 93.0 Å². The summed E-state index contributed by atoms with van der Waals surface area (Å²) in [5.41, 5.74) is 5.82. The monoisotopic (exact) mass is 363 g/mol. The first-order valence-corrected chi connectivity index (χ1v) is 8.60. The molecule has 2 rings (SSSR count). The van der Waals surface area contributed by atoms with E-state index in [-0.39, 0.29) is 18.1 Å². The van der Waals surface area contributed by atoms with Crippen molar-refractivity contribution >= 4 is 28.7 Å². The molecule has 0 unspecified atom stereocenters. The minimum absolute atomic E-state index is 0.0401. The number of benzene rings is 1. The zero-order valence-corrected chi connectivity index (χ0v) is 15.4. The fourth-order valence-corrected chi connectivity index (χ4v) is 2.86. The van der Waals surface area contributed by atoms with Gasteiger partial charge in [-0.2, -0.15) is 5.10 Å². The summed E-state index contributed by atoms with van der Waals surface area (Å²) in [6.07, 6.45) is 1.63. The first kappa shape index (κ1) is 18.7. The van der Waals surface area contributed by atoms with Gasteiger partial charge in [0.15, 0.2) is 11.5 Å². The van der Waals surface area contributed by atoms with Crippen LogP contribution in [0.2, 0.25) is 0 Å². The molecule has 7 nitrogen and oxygen atoms in total. The number of nitrogens with one attached hydrogen (secondary N) is 1. The number of carbonyl (C=O) groups is 1. The van der Waals surface area contributed by atoms with Crippen LogP contribution in [0.1, 0.15) is 29.3 Å². The van der Waals surface area contributed by atoms with Gasteiger partial charge in [-0.25, -0.2) is 4.98 Å². The van der Waals surface area contributed by atoms with E-state index < -0.39 is 0 Å². The van der Waals surface area contributed by atoms with Gasteiger partial charge in [-0.15, -0.1) is 11.3 Å². The van der Waals surface area contributed by atoms with Crippen molar-refractivity contribution in [3.63, 3.8) is 0 Å². The number of phenols is 1. The highest BCUT2D eigenvalue weighted by molar-refractivity contribution is 7.13. The number of hydrazone groups is 1. The van der Waals surface area contributed by atoms with Crippen LogP contribution in [0, 0.1) is 13.8 Å². The van der Waals surface area contributed by atoms with Gasteiger partial charge in [0.2, 0.25) is 5.13 Å². The molecule has 8 heteroatoms. The van der Waals surface area contributed by atoms with E-state index in [2.05, 4.69) is 15.5 Å². The Balaban J connectivity index is 2.06. The number of ether oxygens (including phenoxy) is 2. The van der Waals surface area contributed by atoms with Crippen molar-refractivity contribution in [1.82, 2.24) is 4.98 Å². The van der Waals surface area contributed by atoms with Gasteiger partial charge in [-0.05, 0) is 38.0 Å². The first-order chi connectivity index (χ1) is 12.0. The molecule has 0 aliphatic rings. The average Bonchev–Trinajstić information content (AvgIpc) is 3.00.